The highest BCUT2D eigenvalue weighted by Gasteiger charge is 2.33. The van der Waals surface area contributed by atoms with Crippen LogP contribution >= 0.6 is 0 Å². The predicted molar refractivity (Wildman–Crippen MR) is 115 cm³/mol. The Balaban J connectivity index is 1.51. The Morgan fingerprint density at radius 3 is 2.68 bits per heavy atom. The number of halogens is 1. The third-order valence-electron chi connectivity index (χ3n) is 4.82. The highest BCUT2D eigenvalue weighted by molar-refractivity contribution is 5.81. The minimum absolute atomic E-state index is 0.0538. The molecule has 0 spiro atoms. The van der Waals surface area contributed by atoms with E-state index in [2.05, 4.69) is 35.9 Å². The molecule has 1 aliphatic rings. The molecule has 1 fully saturated rings. The van der Waals surface area contributed by atoms with Gasteiger partial charge in [-0.25, -0.2) is 9.37 Å². The fourth-order valence-corrected chi connectivity index (χ4v) is 3.17. The lowest BCUT2D eigenvalue weighted by Crippen LogP contribution is -2.54. The number of carbonyl (C=O) groups excluding carboxylic acids is 1. The van der Waals surface area contributed by atoms with Crippen molar-refractivity contribution in [3.8, 4) is 0 Å². The molecule has 0 aliphatic carbocycles. The summed E-state index contributed by atoms with van der Waals surface area (Å²) in [6.07, 6.45) is 4.78. The van der Waals surface area contributed by atoms with Gasteiger partial charge in [0, 0.05) is 44.6 Å². The van der Waals surface area contributed by atoms with E-state index < -0.39 is 0 Å². The van der Waals surface area contributed by atoms with E-state index in [1.54, 1.807) is 30.7 Å². The van der Waals surface area contributed by atoms with Crippen molar-refractivity contribution in [3.05, 3.63) is 60.3 Å². The first-order valence-corrected chi connectivity index (χ1v) is 10.0. The molecular formula is C21H23FN8O. The second-order valence-electron chi connectivity index (χ2n) is 7.13. The van der Waals surface area contributed by atoms with E-state index in [4.69, 9.17) is 0 Å². The van der Waals surface area contributed by atoms with Gasteiger partial charge in [0.05, 0.1) is 12.1 Å². The van der Waals surface area contributed by atoms with Gasteiger partial charge in [0.2, 0.25) is 11.9 Å². The summed E-state index contributed by atoms with van der Waals surface area (Å²) in [4.78, 5) is 31.4. The molecule has 1 amide bonds. The molecule has 160 valence electrons. The molecule has 0 bridgehead atoms. The van der Waals surface area contributed by atoms with Gasteiger partial charge in [-0.3, -0.25) is 9.78 Å². The van der Waals surface area contributed by atoms with Crippen LogP contribution in [0.25, 0.3) is 0 Å². The van der Waals surface area contributed by atoms with E-state index in [1.165, 1.54) is 12.1 Å². The van der Waals surface area contributed by atoms with Crippen LogP contribution < -0.4 is 20.9 Å². The van der Waals surface area contributed by atoms with Crippen molar-refractivity contribution in [1.82, 2.24) is 25.3 Å². The van der Waals surface area contributed by atoms with E-state index in [1.807, 2.05) is 17.9 Å². The summed E-state index contributed by atoms with van der Waals surface area (Å²) < 4.78 is 13.1. The van der Waals surface area contributed by atoms with Crippen molar-refractivity contribution in [1.29, 1.82) is 0 Å². The van der Waals surface area contributed by atoms with E-state index in [-0.39, 0.29) is 17.6 Å². The normalized spacial score (nSPS) is 13.4. The summed E-state index contributed by atoms with van der Waals surface area (Å²) in [5, 5.41) is 9.16. The Labute approximate surface area is 179 Å². The minimum atomic E-state index is -0.281. The highest BCUT2D eigenvalue weighted by Crippen LogP contribution is 2.27. The molecule has 2 aromatic heterocycles. The van der Waals surface area contributed by atoms with Gasteiger partial charge >= 0.3 is 0 Å². The molecule has 3 N–H and O–H groups in total. The molecule has 1 aliphatic heterocycles. The van der Waals surface area contributed by atoms with Crippen LogP contribution in [-0.2, 0) is 11.3 Å². The summed E-state index contributed by atoms with van der Waals surface area (Å²) >= 11 is 0. The lowest BCUT2D eigenvalue weighted by atomic mass is 9.99. The lowest BCUT2D eigenvalue weighted by molar-refractivity contribution is -0.125. The van der Waals surface area contributed by atoms with Gasteiger partial charge in [-0.1, -0.05) is 12.1 Å². The largest absolute Gasteiger partial charge is 0.356 e. The first kappa shape index (κ1) is 20.5. The Kier molecular flexibility index (Phi) is 6.16. The number of benzene rings is 1. The van der Waals surface area contributed by atoms with Gasteiger partial charge in [0.1, 0.15) is 23.3 Å². The van der Waals surface area contributed by atoms with Gasteiger partial charge in [-0.05, 0) is 24.6 Å². The number of nitrogens with one attached hydrogen (secondary N) is 3. The number of anilines is 4. The second kappa shape index (κ2) is 9.33. The molecule has 3 heterocycles. The zero-order chi connectivity index (χ0) is 21.6. The highest BCUT2D eigenvalue weighted by atomic mass is 19.1. The maximum atomic E-state index is 13.1. The minimum Gasteiger partial charge on any atom is -0.356 e. The number of hydrogen-bond acceptors (Lipinski definition) is 8. The van der Waals surface area contributed by atoms with Crippen molar-refractivity contribution in [2.24, 2.45) is 5.92 Å². The van der Waals surface area contributed by atoms with Crippen LogP contribution in [-0.4, -0.2) is 45.5 Å². The van der Waals surface area contributed by atoms with Crippen molar-refractivity contribution in [2.75, 3.05) is 35.2 Å². The van der Waals surface area contributed by atoms with Crippen LogP contribution in [0, 0.1) is 11.7 Å². The first-order valence-electron chi connectivity index (χ1n) is 10.0. The van der Waals surface area contributed by atoms with Crippen LogP contribution in [0.3, 0.4) is 0 Å². The number of hydrogen-bond donors (Lipinski definition) is 3. The van der Waals surface area contributed by atoms with E-state index in [9.17, 15) is 9.18 Å². The van der Waals surface area contributed by atoms with Crippen LogP contribution in [0.2, 0.25) is 0 Å². The van der Waals surface area contributed by atoms with Crippen molar-refractivity contribution in [2.45, 2.75) is 13.5 Å². The molecular weight excluding hydrogens is 399 g/mol. The van der Waals surface area contributed by atoms with Gasteiger partial charge in [-0.2, -0.15) is 9.97 Å². The van der Waals surface area contributed by atoms with Gasteiger partial charge in [0.15, 0.2) is 0 Å². The fraction of sp³-hybridized carbons (Fsp3) is 0.286. The van der Waals surface area contributed by atoms with E-state index in [0.717, 1.165) is 5.56 Å². The maximum Gasteiger partial charge on any atom is 0.226 e. The summed E-state index contributed by atoms with van der Waals surface area (Å²) in [6.45, 7) is 4.14. The van der Waals surface area contributed by atoms with Crippen LogP contribution in [0.15, 0.2) is 48.9 Å². The average molecular weight is 422 g/mol. The van der Waals surface area contributed by atoms with Gasteiger partial charge in [-0.15, -0.1) is 0 Å². The van der Waals surface area contributed by atoms with Gasteiger partial charge in [0.25, 0.3) is 0 Å². The Hall–Kier alpha value is -3.82. The topological polar surface area (TPSA) is 108 Å². The number of carbonyl (C=O) groups is 1. The van der Waals surface area contributed by atoms with Crippen LogP contribution in [0.4, 0.5) is 27.8 Å². The first-order chi connectivity index (χ1) is 15.1. The quantitative estimate of drug-likeness (QED) is 0.508. The zero-order valence-electron chi connectivity index (χ0n) is 17.0. The van der Waals surface area contributed by atoms with Crippen LogP contribution in [0.1, 0.15) is 12.5 Å². The van der Waals surface area contributed by atoms with Gasteiger partial charge < -0.3 is 20.9 Å². The third-order valence-corrected chi connectivity index (χ3v) is 4.82. The van der Waals surface area contributed by atoms with E-state index in [0.29, 0.717) is 49.6 Å². The van der Waals surface area contributed by atoms with Crippen molar-refractivity contribution < 1.29 is 9.18 Å². The molecule has 1 saturated heterocycles. The molecule has 31 heavy (non-hydrogen) atoms. The predicted octanol–water partition coefficient (Wildman–Crippen LogP) is 2.33. The zero-order valence-corrected chi connectivity index (χ0v) is 17.0. The molecule has 0 atom stereocenters. The van der Waals surface area contributed by atoms with E-state index >= 15 is 0 Å². The second-order valence-corrected chi connectivity index (χ2v) is 7.13. The standard InChI is InChI=1S/C21H23FN8O/c1-2-24-20(31)15-12-30(13-15)19-9-17(27-18-11-23-7-8-25-18)28-21(29-19)26-10-14-3-5-16(22)6-4-14/h3-9,11,15H,2,10,12-13H2,1H3,(H,24,31)(H2,25,26,27,28,29). The van der Waals surface area contributed by atoms with Crippen LogP contribution in [0.5, 0.6) is 0 Å². The fourth-order valence-electron chi connectivity index (χ4n) is 3.17. The summed E-state index contributed by atoms with van der Waals surface area (Å²) in [7, 11) is 0. The Bertz CT molecular complexity index is 1030. The summed E-state index contributed by atoms with van der Waals surface area (Å²) in [6, 6.07) is 8.05. The number of aromatic nitrogens is 4. The third kappa shape index (κ3) is 5.21. The molecule has 10 heteroatoms. The molecule has 0 radical (unpaired) electrons. The molecule has 1 aromatic carbocycles. The Morgan fingerprint density at radius 2 is 1.97 bits per heavy atom. The average Bonchev–Trinajstić information content (AvgIpc) is 2.73. The maximum absolute atomic E-state index is 13.1. The van der Waals surface area contributed by atoms with Crippen molar-refractivity contribution >= 4 is 29.3 Å². The monoisotopic (exact) mass is 422 g/mol. The molecule has 3 aromatic rings. The molecule has 9 nitrogen and oxygen atoms in total. The summed E-state index contributed by atoms with van der Waals surface area (Å²) in [5.41, 5.74) is 0.902. The molecule has 4 rings (SSSR count). The Morgan fingerprint density at radius 1 is 1.16 bits per heavy atom. The summed E-state index contributed by atoms with van der Waals surface area (Å²) in [5.74, 6) is 1.94. The lowest BCUT2D eigenvalue weighted by Gasteiger charge is -2.39. The SMILES string of the molecule is CCNC(=O)C1CN(c2cc(Nc3cnccn3)nc(NCc3ccc(F)cc3)n2)C1. The molecule has 0 unspecified atom stereocenters. The number of amides is 1. The molecule has 0 saturated carbocycles. The van der Waals surface area contributed by atoms with Crippen molar-refractivity contribution in [3.63, 3.8) is 0 Å². The smallest absolute Gasteiger partial charge is 0.226 e. The number of nitrogens with zero attached hydrogens (tertiary/aromatic N) is 5. The number of rotatable bonds is 8.